The minimum absolute atomic E-state index is 0.243. The van der Waals surface area contributed by atoms with Crippen molar-refractivity contribution in [1.29, 1.82) is 0 Å². The fourth-order valence-electron chi connectivity index (χ4n) is 1.38. The quantitative estimate of drug-likeness (QED) is 0.704. The lowest BCUT2D eigenvalue weighted by Gasteiger charge is -2.21. The molecule has 0 atom stereocenters. The average Bonchev–Trinajstić information content (AvgIpc) is 2.51. The number of piperidine rings is 1. The maximum atomic E-state index is 10.1. The second kappa shape index (κ2) is 11.4. The molecule has 2 radical (unpaired) electrons. The Bertz CT molecular complexity index is 327. The molecular formula is C12H15N3O3. The first-order valence-corrected chi connectivity index (χ1v) is 5.44. The highest BCUT2D eigenvalue weighted by Gasteiger charge is 2.05. The molecule has 1 amide bonds. The van der Waals surface area contributed by atoms with Gasteiger partial charge in [-0.1, -0.05) is 0 Å². The molecule has 0 spiro atoms. The summed E-state index contributed by atoms with van der Waals surface area (Å²) in [5.74, 6) is 0. The largest absolute Gasteiger partial charge is 0.345 e. The van der Waals surface area contributed by atoms with Crippen LogP contribution in [0.15, 0.2) is 18.6 Å². The summed E-state index contributed by atoms with van der Waals surface area (Å²) < 4.78 is 0. The lowest BCUT2D eigenvalue weighted by molar-refractivity contribution is -0.118. The monoisotopic (exact) mass is 249 g/mol. The van der Waals surface area contributed by atoms with Gasteiger partial charge in [-0.15, -0.1) is 0 Å². The van der Waals surface area contributed by atoms with Gasteiger partial charge in [-0.2, -0.15) is 0 Å². The Labute approximate surface area is 106 Å². The van der Waals surface area contributed by atoms with Crippen molar-refractivity contribution in [2.75, 3.05) is 13.1 Å². The van der Waals surface area contributed by atoms with E-state index in [1.54, 1.807) is 6.29 Å². The van der Waals surface area contributed by atoms with E-state index in [0.29, 0.717) is 0 Å². The van der Waals surface area contributed by atoms with Crippen molar-refractivity contribution < 1.29 is 14.4 Å². The van der Waals surface area contributed by atoms with E-state index in [4.69, 9.17) is 4.79 Å². The van der Waals surface area contributed by atoms with E-state index in [2.05, 4.69) is 16.8 Å². The fourth-order valence-corrected chi connectivity index (χ4v) is 1.38. The minimum atomic E-state index is 0.243. The Morgan fingerprint density at radius 2 is 1.89 bits per heavy atom. The molecule has 18 heavy (non-hydrogen) atoms. The lowest BCUT2D eigenvalue weighted by atomic mass is 10.1. The second-order valence-corrected chi connectivity index (χ2v) is 3.39. The number of carbonyl (C=O) groups excluding carboxylic acids is 3. The molecule has 0 N–H and O–H groups in total. The first kappa shape index (κ1) is 15.9. The second-order valence-electron chi connectivity index (χ2n) is 3.39. The molecule has 6 heteroatoms. The van der Waals surface area contributed by atoms with Gasteiger partial charge in [-0.25, -0.2) is 4.98 Å². The van der Waals surface area contributed by atoms with Gasteiger partial charge in [0, 0.05) is 25.5 Å². The van der Waals surface area contributed by atoms with Gasteiger partial charge in [0.05, 0.1) is 6.20 Å². The molecule has 1 aromatic rings. The van der Waals surface area contributed by atoms with Gasteiger partial charge in [0.15, 0.2) is 6.79 Å². The predicted octanol–water partition coefficient (Wildman–Crippen LogP) is 0.289. The van der Waals surface area contributed by atoms with Gasteiger partial charge < -0.3 is 4.90 Å². The van der Waals surface area contributed by atoms with Crippen LogP contribution < -0.4 is 0 Å². The molecule has 2 heterocycles. The molecule has 6 nitrogen and oxygen atoms in total. The van der Waals surface area contributed by atoms with Crippen LogP contribution in [0.4, 0.5) is 0 Å². The molecule has 1 fully saturated rings. The highest BCUT2D eigenvalue weighted by Crippen LogP contribution is 2.05. The normalized spacial score (nSPS) is 13.2. The number of amides is 1. The SMILES string of the molecule is O=CN1CCCCC1.O=[C]c1cnccn1.[CH]=O. The third kappa shape index (κ3) is 7.21. The number of nitrogens with zero attached hydrogens (tertiary/aromatic N) is 3. The Balaban J connectivity index is 0.000000283. The van der Waals surface area contributed by atoms with E-state index in [0.717, 1.165) is 19.5 Å². The molecule has 0 unspecified atom stereocenters. The van der Waals surface area contributed by atoms with Crippen LogP contribution in [0.5, 0.6) is 0 Å². The van der Waals surface area contributed by atoms with Crippen molar-refractivity contribution in [3.8, 4) is 0 Å². The third-order valence-corrected chi connectivity index (χ3v) is 2.21. The van der Waals surface area contributed by atoms with Crippen LogP contribution in [0.3, 0.4) is 0 Å². The molecule has 1 aliphatic rings. The van der Waals surface area contributed by atoms with Crippen LogP contribution in [0.2, 0.25) is 0 Å². The van der Waals surface area contributed by atoms with E-state index >= 15 is 0 Å². The zero-order valence-electron chi connectivity index (χ0n) is 9.99. The van der Waals surface area contributed by atoms with Gasteiger partial charge >= 0.3 is 0 Å². The van der Waals surface area contributed by atoms with Gasteiger partial charge in [-0.3, -0.25) is 19.4 Å². The highest BCUT2D eigenvalue weighted by atomic mass is 16.1. The van der Waals surface area contributed by atoms with Gasteiger partial charge in [0.1, 0.15) is 5.69 Å². The van der Waals surface area contributed by atoms with Crippen LogP contribution in [-0.2, 0) is 14.4 Å². The van der Waals surface area contributed by atoms with E-state index in [9.17, 15) is 9.59 Å². The van der Waals surface area contributed by atoms with Crippen molar-refractivity contribution in [2.24, 2.45) is 0 Å². The first-order chi connectivity index (χ1) is 8.86. The van der Waals surface area contributed by atoms with Crippen molar-refractivity contribution >= 4 is 19.5 Å². The molecule has 1 aromatic heterocycles. The Morgan fingerprint density at radius 1 is 1.22 bits per heavy atom. The molecule has 1 aliphatic heterocycles. The summed E-state index contributed by atoms with van der Waals surface area (Å²) in [6.07, 6.45) is 10.5. The summed E-state index contributed by atoms with van der Waals surface area (Å²) in [7, 11) is 0. The zero-order valence-corrected chi connectivity index (χ0v) is 9.99. The smallest absolute Gasteiger partial charge is 0.255 e. The van der Waals surface area contributed by atoms with Crippen molar-refractivity contribution in [1.82, 2.24) is 14.9 Å². The number of hydrogen-bond acceptors (Lipinski definition) is 5. The fraction of sp³-hybridized carbons (Fsp3) is 0.417. The van der Waals surface area contributed by atoms with Crippen LogP contribution in [0, 0.1) is 0 Å². The highest BCUT2D eigenvalue weighted by molar-refractivity contribution is 5.71. The number of hydrogen-bond donors (Lipinski definition) is 0. The first-order valence-electron chi connectivity index (χ1n) is 5.44. The maximum absolute atomic E-state index is 10.1. The topological polar surface area (TPSA) is 80.2 Å². The number of aromatic nitrogens is 2. The molecular weight excluding hydrogens is 234 g/mol. The van der Waals surface area contributed by atoms with Crippen LogP contribution in [-0.4, -0.2) is 47.4 Å². The van der Waals surface area contributed by atoms with Gasteiger partial charge in [0.2, 0.25) is 6.41 Å². The summed E-state index contributed by atoms with van der Waals surface area (Å²) in [4.78, 5) is 36.7. The van der Waals surface area contributed by atoms with E-state index < -0.39 is 0 Å². The van der Waals surface area contributed by atoms with E-state index in [1.165, 1.54) is 37.9 Å². The standard InChI is InChI=1S/C6H11NO.C5H3N2O.CHO/c8-6-7-4-2-1-3-5-7;8-4-5-3-6-1-2-7-5;1-2/h6H,1-5H2;1-3H;1H. The molecule has 2 rings (SSSR count). The van der Waals surface area contributed by atoms with Crippen LogP contribution in [0.1, 0.15) is 25.0 Å². The zero-order chi connectivity index (χ0) is 13.6. The molecule has 0 aromatic carbocycles. The minimum Gasteiger partial charge on any atom is -0.345 e. The summed E-state index contributed by atoms with van der Waals surface area (Å²) in [6, 6.07) is 0. The Kier molecular flexibility index (Phi) is 10.0. The summed E-state index contributed by atoms with van der Waals surface area (Å²) in [5.41, 5.74) is 0.243. The Morgan fingerprint density at radius 3 is 2.22 bits per heavy atom. The molecule has 0 aliphatic carbocycles. The summed E-state index contributed by atoms with van der Waals surface area (Å²) >= 11 is 0. The molecule has 96 valence electrons. The predicted molar refractivity (Wildman–Crippen MR) is 65.1 cm³/mol. The average molecular weight is 249 g/mol. The molecule has 0 saturated carbocycles. The maximum Gasteiger partial charge on any atom is 0.255 e. The number of likely N-dealkylation sites (tertiary alicyclic amines) is 1. The van der Waals surface area contributed by atoms with Crippen molar-refractivity contribution in [3.63, 3.8) is 0 Å². The number of rotatable bonds is 2. The van der Waals surface area contributed by atoms with E-state index in [-0.39, 0.29) is 5.69 Å². The number of carbonyl (C=O) groups is 1. The summed E-state index contributed by atoms with van der Waals surface area (Å²) in [6.45, 7) is 5.20. The van der Waals surface area contributed by atoms with Crippen molar-refractivity contribution in [2.45, 2.75) is 19.3 Å². The van der Waals surface area contributed by atoms with Crippen LogP contribution >= 0.6 is 0 Å². The molecule has 1 saturated heterocycles. The van der Waals surface area contributed by atoms with Crippen LogP contribution in [0.25, 0.3) is 0 Å². The van der Waals surface area contributed by atoms with E-state index in [1.807, 2.05) is 4.90 Å². The van der Waals surface area contributed by atoms with Crippen molar-refractivity contribution in [3.05, 3.63) is 24.3 Å². The molecule has 0 bridgehead atoms. The Hall–Kier alpha value is -2.11. The summed E-state index contributed by atoms with van der Waals surface area (Å²) in [5, 5.41) is 0. The van der Waals surface area contributed by atoms with Gasteiger partial charge in [-0.05, 0) is 19.3 Å². The third-order valence-electron chi connectivity index (χ3n) is 2.21. The van der Waals surface area contributed by atoms with Gasteiger partial charge in [0.25, 0.3) is 6.29 Å². The lowest BCUT2D eigenvalue weighted by Crippen LogP contribution is -2.27.